The van der Waals surface area contributed by atoms with Crippen molar-refractivity contribution >= 4 is 11.8 Å². The van der Waals surface area contributed by atoms with Crippen molar-refractivity contribution < 1.29 is 19.6 Å². The number of aliphatic carboxylic acids is 1. The first-order chi connectivity index (χ1) is 8.95. The average molecular weight is 266 g/mol. The fourth-order valence-corrected chi connectivity index (χ4v) is 1.39. The molecule has 7 heteroatoms. The summed E-state index contributed by atoms with van der Waals surface area (Å²) in [7, 11) is 0. The van der Waals surface area contributed by atoms with Crippen LogP contribution in [-0.4, -0.2) is 27.6 Å². The molecule has 0 bridgehead atoms. The van der Waals surface area contributed by atoms with Crippen molar-refractivity contribution in [2.45, 2.75) is 20.3 Å². The molecule has 19 heavy (non-hydrogen) atoms. The van der Waals surface area contributed by atoms with Crippen molar-refractivity contribution in [3.63, 3.8) is 0 Å². The van der Waals surface area contributed by atoms with Crippen molar-refractivity contribution in [2.24, 2.45) is 0 Å². The summed E-state index contributed by atoms with van der Waals surface area (Å²) in [5, 5.41) is 19.6. The molecule has 7 nitrogen and oxygen atoms in total. The minimum absolute atomic E-state index is 0.0210. The lowest BCUT2D eigenvalue weighted by molar-refractivity contribution is -0.390. The van der Waals surface area contributed by atoms with E-state index in [1.54, 1.807) is 19.9 Å². The zero-order valence-electron chi connectivity index (χ0n) is 10.6. The summed E-state index contributed by atoms with van der Waals surface area (Å²) in [6, 6.07) is 3.03. The Labute approximate surface area is 109 Å². The number of nitro groups is 1. The maximum atomic E-state index is 10.8. The Hall–Kier alpha value is -2.44. The van der Waals surface area contributed by atoms with Crippen LogP contribution in [0.3, 0.4) is 0 Å². The molecule has 0 saturated heterocycles. The summed E-state index contributed by atoms with van der Waals surface area (Å²) in [6.07, 6.45) is 1.73. The third-order valence-corrected chi connectivity index (χ3v) is 2.38. The number of hydrogen-bond donors (Lipinski definition) is 1. The van der Waals surface area contributed by atoms with E-state index in [-0.39, 0.29) is 23.7 Å². The fraction of sp³-hybridized carbons (Fsp3) is 0.333. The van der Waals surface area contributed by atoms with Gasteiger partial charge in [-0.3, -0.25) is 0 Å². The predicted octanol–water partition coefficient (Wildman–Crippen LogP) is 2.10. The number of carboxylic acid groups (broad SMARTS) is 1. The first kappa shape index (κ1) is 14.6. The Kier molecular flexibility index (Phi) is 4.99. The van der Waals surface area contributed by atoms with E-state index in [4.69, 9.17) is 9.84 Å². The zero-order valence-corrected chi connectivity index (χ0v) is 10.6. The molecule has 0 radical (unpaired) electrons. The molecule has 1 N–H and O–H groups in total. The Morgan fingerprint density at radius 2 is 2.26 bits per heavy atom. The summed E-state index contributed by atoms with van der Waals surface area (Å²) in [6.45, 7) is 3.28. The lowest BCUT2D eigenvalue weighted by Crippen LogP contribution is -2.05. The van der Waals surface area contributed by atoms with Crippen LogP contribution in [0.5, 0.6) is 5.75 Å². The van der Waals surface area contributed by atoms with Gasteiger partial charge in [0.05, 0.1) is 0 Å². The van der Waals surface area contributed by atoms with Gasteiger partial charge < -0.3 is 20.0 Å². The number of hydrogen-bond acceptors (Lipinski definition) is 5. The van der Waals surface area contributed by atoms with Gasteiger partial charge in [-0.05, 0) is 34.5 Å². The smallest absolute Gasteiger partial charge is 0.406 e. The molecule has 0 aliphatic carbocycles. The topological polar surface area (TPSA) is 103 Å². The van der Waals surface area contributed by atoms with Crippen LogP contribution in [0.15, 0.2) is 23.8 Å². The highest BCUT2D eigenvalue weighted by Gasteiger charge is 2.17. The number of pyridine rings is 1. The first-order valence-electron chi connectivity index (χ1n) is 5.62. The van der Waals surface area contributed by atoms with Gasteiger partial charge in [0.2, 0.25) is 5.75 Å². The number of aromatic nitrogens is 1. The lowest BCUT2D eigenvalue weighted by Gasteiger charge is -2.04. The molecule has 1 rings (SSSR count). The fourth-order valence-electron chi connectivity index (χ4n) is 1.39. The van der Waals surface area contributed by atoms with Crippen LogP contribution in [0.25, 0.3) is 0 Å². The summed E-state index contributed by atoms with van der Waals surface area (Å²) in [5.41, 5.74) is 0.706. The van der Waals surface area contributed by atoms with Gasteiger partial charge in [0, 0.05) is 12.5 Å². The van der Waals surface area contributed by atoms with Crippen LogP contribution in [0.2, 0.25) is 0 Å². The van der Waals surface area contributed by atoms with Crippen LogP contribution in [0, 0.1) is 17.0 Å². The van der Waals surface area contributed by atoms with Gasteiger partial charge in [-0.2, -0.15) is 0 Å². The summed E-state index contributed by atoms with van der Waals surface area (Å²) < 4.78 is 5.19. The molecule has 0 saturated carbocycles. The molecule has 0 atom stereocenters. The SMILES string of the molecule is CCC(=CCOc1ccc(C)nc1[N+](=O)[O-])C(=O)O. The van der Waals surface area contributed by atoms with Crippen LogP contribution >= 0.6 is 0 Å². The van der Waals surface area contributed by atoms with Gasteiger partial charge in [-0.25, -0.2) is 4.79 Å². The van der Waals surface area contributed by atoms with E-state index < -0.39 is 10.9 Å². The molecule has 1 aromatic rings. The monoisotopic (exact) mass is 266 g/mol. The first-order valence-corrected chi connectivity index (χ1v) is 5.62. The van der Waals surface area contributed by atoms with Gasteiger partial charge >= 0.3 is 11.8 Å². The number of ether oxygens (including phenoxy) is 1. The Bertz CT molecular complexity index is 525. The Balaban J connectivity index is 2.84. The molecular weight excluding hydrogens is 252 g/mol. The number of nitrogens with zero attached hydrogens (tertiary/aromatic N) is 2. The van der Waals surface area contributed by atoms with Crippen LogP contribution < -0.4 is 4.74 Å². The van der Waals surface area contributed by atoms with Gasteiger partial charge in [0.25, 0.3) is 0 Å². The average Bonchev–Trinajstić information content (AvgIpc) is 2.35. The third-order valence-electron chi connectivity index (χ3n) is 2.38. The van der Waals surface area contributed by atoms with E-state index in [1.807, 2.05) is 0 Å². The molecule has 0 amide bonds. The second-order valence-corrected chi connectivity index (χ2v) is 3.73. The standard InChI is InChI=1S/C12H14N2O5/c1-3-9(12(15)16)6-7-19-10-5-4-8(2)13-11(10)14(17)18/h4-6H,3,7H2,1-2H3,(H,15,16). The van der Waals surface area contributed by atoms with E-state index in [9.17, 15) is 14.9 Å². The van der Waals surface area contributed by atoms with Gasteiger partial charge in [0.1, 0.15) is 12.3 Å². The van der Waals surface area contributed by atoms with Gasteiger partial charge in [0.15, 0.2) is 0 Å². The minimum atomic E-state index is -1.03. The quantitative estimate of drug-likeness (QED) is 0.480. The molecule has 0 aliphatic heterocycles. The lowest BCUT2D eigenvalue weighted by atomic mass is 10.2. The molecule has 0 spiro atoms. The van der Waals surface area contributed by atoms with Crippen molar-refractivity contribution in [3.8, 4) is 5.75 Å². The van der Waals surface area contributed by atoms with Gasteiger partial charge in [-0.1, -0.05) is 6.92 Å². The maximum Gasteiger partial charge on any atom is 0.406 e. The predicted molar refractivity (Wildman–Crippen MR) is 67.1 cm³/mol. The third kappa shape index (κ3) is 4.06. The minimum Gasteiger partial charge on any atom is -0.481 e. The van der Waals surface area contributed by atoms with Crippen LogP contribution in [0.1, 0.15) is 19.0 Å². The number of aryl methyl sites for hydroxylation is 1. The van der Waals surface area contributed by atoms with E-state index in [1.165, 1.54) is 12.1 Å². The molecule has 1 aromatic heterocycles. The molecule has 0 unspecified atom stereocenters. The molecular formula is C12H14N2O5. The summed E-state index contributed by atoms with van der Waals surface area (Å²) in [4.78, 5) is 24.7. The second kappa shape index (κ2) is 6.48. The Morgan fingerprint density at radius 1 is 1.58 bits per heavy atom. The zero-order chi connectivity index (χ0) is 14.4. The molecule has 1 heterocycles. The number of carbonyl (C=O) groups is 1. The number of rotatable bonds is 6. The van der Waals surface area contributed by atoms with E-state index in [0.717, 1.165) is 0 Å². The van der Waals surface area contributed by atoms with Crippen LogP contribution in [-0.2, 0) is 4.79 Å². The molecule has 0 aliphatic rings. The van der Waals surface area contributed by atoms with E-state index in [2.05, 4.69) is 4.98 Å². The highest BCUT2D eigenvalue weighted by molar-refractivity contribution is 5.86. The number of carboxylic acids is 1. The maximum absolute atomic E-state index is 10.8. The highest BCUT2D eigenvalue weighted by Crippen LogP contribution is 2.24. The van der Waals surface area contributed by atoms with Crippen molar-refractivity contribution in [3.05, 3.63) is 39.6 Å². The summed E-state index contributed by atoms with van der Waals surface area (Å²) >= 11 is 0. The molecule has 102 valence electrons. The second-order valence-electron chi connectivity index (χ2n) is 3.73. The molecule has 0 aromatic carbocycles. The normalized spacial score (nSPS) is 11.2. The van der Waals surface area contributed by atoms with Crippen LogP contribution in [0.4, 0.5) is 5.82 Å². The highest BCUT2D eigenvalue weighted by atomic mass is 16.6. The van der Waals surface area contributed by atoms with Crippen molar-refractivity contribution in [1.29, 1.82) is 0 Å². The largest absolute Gasteiger partial charge is 0.481 e. The van der Waals surface area contributed by atoms with E-state index >= 15 is 0 Å². The van der Waals surface area contributed by atoms with E-state index in [0.29, 0.717) is 12.1 Å². The van der Waals surface area contributed by atoms with Crippen molar-refractivity contribution in [2.75, 3.05) is 6.61 Å². The molecule has 0 fully saturated rings. The van der Waals surface area contributed by atoms with Crippen molar-refractivity contribution in [1.82, 2.24) is 4.98 Å². The van der Waals surface area contributed by atoms with Gasteiger partial charge in [-0.15, -0.1) is 0 Å². The Morgan fingerprint density at radius 3 is 2.79 bits per heavy atom. The summed E-state index contributed by atoms with van der Waals surface area (Å²) in [5.74, 6) is -1.38.